The summed E-state index contributed by atoms with van der Waals surface area (Å²) in [4.78, 5) is 40.3. The minimum absolute atomic E-state index is 0.00148. The lowest BCUT2D eigenvalue weighted by molar-refractivity contribution is -0.115. The molecular formula is C24H27N3O4. The number of fused-ring (bicyclic) bond motifs is 1. The van der Waals surface area contributed by atoms with Crippen molar-refractivity contribution in [2.24, 2.45) is 0 Å². The predicted molar refractivity (Wildman–Crippen MR) is 118 cm³/mol. The average molecular weight is 421 g/mol. The van der Waals surface area contributed by atoms with E-state index in [0.29, 0.717) is 38.2 Å². The molecule has 0 aliphatic carbocycles. The van der Waals surface area contributed by atoms with Gasteiger partial charge < -0.3 is 19.9 Å². The van der Waals surface area contributed by atoms with Crippen LogP contribution in [-0.4, -0.2) is 59.5 Å². The highest BCUT2D eigenvalue weighted by molar-refractivity contribution is 6.00. The van der Waals surface area contributed by atoms with E-state index in [9.17, 15) is 14.4 Å². The summed E-state index contributed by atoms with van der Waals surface area (Å²) < 4.78 is 5.42. The molecule has 2 aliphatic rings. The lowest BCUT2D eigenvalue weighted by Gasteiger charge is -2.35. The molecule has 2 aromatic rings. The van der Waals surface area contributed by atoms with Crippen molar-refractivity contribution < 1.29 is 19.1 Å². The highest BCUT2D eigenvalue weighted by Gasteiger charge is 2.28. The van der Waals surface area contributed by atoms with Crippen LogP contribution in [0.1, 0.15) is 36.7 Å². The summed E-state index contributed by atoms with van der Waals surface area (Å²) >= 11 is 0. The number of amides is 3. The van der Waals surface area contributed by atoms with Crippen LogP contribution in [0.2, 0.25) is 0 Å². The predicted octanol–water partition coefficient (Wildman–Crippen LogP) is 3.54. The van der Waals surface area contributed by atoms with Crippen LogP contribution in [0.25, 0.3) is 11.1 Å². The zero-order chi connectivity index (χ0) is 22.2. The molecule has 3 amide bonds. The third-order valence-corrected chi connectivity index (χ3v) is 5.39. The smallest absolute Gasteiger partial charge is 0.410 e. The second-order valence-electron chi connectivity index (χ2n) is 8.94. The van der Waals surface area contributed by atoms with Crippen molar-refractivity contribution in [1.82, 2.24) is 9.80 Å². The normalized spacial score (nSPS) is 16.0. The fourth-order valence-electron chi connectivity index (χ4n) is 3.84. The Morgan fingerprint density at radius 2 is 1.61 bits per heavy atom. The Balaban J connectivity index is 1.43. The van der Waals surface area contributed by atoms with Crippen molar-refractivity contribution in [2.45, 2.75) is 32.8 Å². The Morgan fingerprint density at radius 1 is 0.935 bits per heavy atom. The molecule has 162 valence electrons. The standard InChI is InChI=1S/C24H27N3O4/c1-24(2,3)31-23(30)27-11-9-26(10-12-27)22(29)18-6-4-5-16(13-18)17-7-8-20-19(14-17)15-21(28)25-20/h4-8,13-14H,9-12,15H2,1-3H3,(H,25,28). The quantitative estimate of drug-likeness (QED) is 0.805. The van der Waals surface area contributed by atoms with E-state index in [1.807, 2.05) is 63.2 Å². The van der Waals surface area contributed by atoms with Gasteiger partial charge in [-0.2, -0.15) is 0 Å². The molecule has 1 saturated heterocycles. The lowest BCUT2D eigenvalue weighted by atomic mass is 9.99. The first-order valence-corrected chi connectivity index (χ1v) is 10.5. The fourth-order valence-corrected chi connectivity index (χ4v) is 3.84. The molecule has 0 saturated carbocycles. The summed E-state index contributed by atoms with van der Waals surface area (Å²) in [7, 11) is 0. The molecule has 0 unspecified atom stereocenters. The summed E-state index contributed by atoms with van der Waals surface area (Å²) in [6.07, 6.45) is 0.0372. The van der Waals surface area contributed by atoms with Gasteiger partial charge in [0.25, 0.3) is 5.91 Å². The number of benzene rings is 2. The first kappa shape index (κ1) is 20.9. The van der Waals surface area contributed by atoms with Crippen molar-refractivity contribution >= 4 is 23.6 Å². The van der Waals surface area contributed by atoms with E-state index < -0.39 is 5.60 Å². The zero-order valence-corrected chi connectivity index (χ0v) is 18.1. The van der Waals surface area contributed by atoms with Gasteiger partial charge in [0.05, 0.1) is 6.42 Å². The molecule has 0 atom stereocenters. The second-order valence-corrected chi connectivity index (χ2v) is 8.94. The number of hydrogen-bond acceptors (Lipinski definition) is 4. The second kappa shape index (κ2) is 8.06. The van der Waals surface area contributed by atoms with Crippen molar-refractivity contribution in [2.75, 3.05) is 31.5 Å². The molecule has 7 heteroatoms. The summed E-state index contributed by atoms with van der Waals surface area (Å²) in [5.41, 5.74) is 3.80. The van der Waals surface area contributed by atoms with E-state index in [4.69, 9.17) is 4.74 Å². The number of rotatable bonds is 2. The summed E-state index contributed by atoms with van der Waals surface area (Å²) in [5.74, 6) is -0.0507. The number of hydrogen-bond donors (Lipinski definition) is 1. The van der Waals surface area contributed by atoms with Crippen LogP contribution in [0.15, 0.2) is 42.5 Å². The molecular weight excluding hydrogens is 394 g/mol. The Morgan fingerprint density at radius 3 is 2.32 bits per heavy atom. The maximum atomic E-state index is 13.1. The Bertz CT molecular complexity index is 1030. The highest BCUT2D eigenvalue weighted by Crippen LogP contribution is 2.29. The van der Waals surface area contributed by atoms with Crippen molar-refractivity contribution in [1.29, 1.82) is 0 Å². The topological polar surface area (TPSA) is 79.0 Å². The Hall–Kier alpha value is -3.35. The van der Waals surface area contributed by atoms with Gasteiger partial charge in [0.1, 0.15) is 5.60 Å². The van der Waals surface area contributed by atoms with E-state index in [1.54, 1.807) is 9.80 Å². The third-order valence-electron chi connectivity index (χ3n) is 5.39. The maximum absolute atomic E-state index is 13.1. The zero-order valence-electron chi connectivity index (χ0n) is 18.1. The lowest BCUT2D eigenvalue weighted by Crippen LogP contribution is -2.51. The summed E-state index contributed by atoms with van der Waals surface area (Å²) in [6.45, 7) is 7.36. The van der Waals surface area contributed by atoms with Gasteiger partial charge in [-0.15, -0.1) is 0 Å². The monoisotopic (exact) mass is 421 g/mol. The van der Waals surface area contributed by atoms with Crippen LogP contribution >= 0.6 is 0 Å². The number of carbonyl (C=O) groups is 3. The molecule has 2 aliphatic heterocycles. The van der Waals surface area contributed by atoms with E-state index in [1.165, 1.54) is 0 Å². The summed E-state index contributed by atoms with van der Waals surface area (Å²) in [5, 5.41) is 2.84. The molecule has 0 bridgehead atoms. The van der Waals surface area contributed by atoms with Crippen LogP contribution in [0, 0.1) is 0 Å². The third kappa shape index (κ3) is 4.71. The highest BCUT2D eigenvalue weighted by atomic mass is 16.6. The summed E-state index contributed by atoms with van der Waals surface area (Å²) in [6, 6.07) is 13.4. The van der Waals surface area contributed by atoms with Crippen LogP contribution < -0.4 is 5.32 Å². The number of nitrogens with zero attached hydrogens (tertiary/aromatic N) is 2. The van der Waals surface area contributed by atoms with E-state index >= 15 is 0 Å². The molecule has 2 aromatic carbocycles. The first-order chi connectivity index (χ1) is 14.7. The Kier molecular flexibility index (Phi) is 5.43. The molecule has 1 fully saturated rings. The fraction of sp³-hybridized carbons (Fsp3) is 0.375. The minimum atomic E-state index is -0.536. The van der Waals surface area contributed by atoms with Crippen molar-refractivity contribution in [3.8, 4) is 11.1 Å². The SMILES string of the molecule is CC(C)(C)OC(=O)N1CCN(C(=O)c2cccc(-c3ccc4c(c3)CC(=O)N4)c2)CC1. The van der Waals surface area contributed by atoms with Crippen LogP contribution in [-0.2, 0) is 16.0 Å². The molecule has 2 heterocycles. The molecule has 31 heavy (non-hydrogen) atoms. The molecule has 1 N–H and O–H groups in total. The van der Waals surface area contributed by atoms with Gasteiger partial charge in [0, 0.05) is 37.4 Å². The molecule has 7 nitrogen and oxygen atoms in total. The molecule has 0 aromatic heterocycles. The number of carbonyl (C=O) groups excluding carboxylic acids is 3. The average Bonchev–Trinajstić information content (AvgIpc) is 3.11. The maximum Gasteiger partial charge on any atom is 0.410 e. The van der Waals surface area contributed by atoms with Gasteiger partial charge in [-0.3, -0.25) is 9.59 Å². The number of ether oxygens (including phenoxy) is 1. The van der Waals surface area contributed by atoms with Gasteiger partial charge in [-0.1, -0.05) is 18.2 Å². The Labute approximate surface area is 182 Å². The van der Waals surface area contributed by atoms with Gasteiger partial charge in [0.2, 0.25) is 5.91 Å². The molecule has 4 rings (SSSR count). The first-order valence-electron chi connectivity index (χ1n) is 10.5. The van der Waals surface area contributed by atoms with Gasteiger partial charge in [0.15, 0.2) is 0 Å². The molecule has 0 spiro atoms. The van der Waals surface area contributed by atoms with Crippen LogP contribution in [0.4, 0.5) is 10.5 Å². The van der Waals surface area contributed by atoms with E-state index in [2.05, 4.69) is 5.32 Å². The van der Waals surface area contributed by atoms with Gasteiger partial charge in [-0.05, 0) is 61.7 Å². The minimum Gasteiger partial charge on any atom is -0.444 e. The van der Waals surface area contributed by atoms with Crippen LogP contribution in [0.3, 0.4) is 0 Å². The van der Waals surface area contributed by atoms with Crippen LogP contribution in [0.5, 0.6) is 0 Å². The van der Waals surface area contributed by atoms with E-state index in [0.717, 1.165) is 22.4 Å². The largest absolute Gasteiger partial charge is 0.444 e. The van der Waals surface area contributed by atoms with Gasteiger partial charge in [-0.25, -0.2) is 4.79 Å². The van der Waals surface area contributed by atoms with Crippen molar-refractivity contribution in [3.05, 3.63) is 53.6 Å². The number of anilines is 1. The van der Waals surface area contributed by atoms with Crippen molar-refractivity contribution in [3.63, 3.8) is 0 Å². The molecule has 0 radical (unpaired) electrons. The number of piperazine rings is 1. The van der Waals surface area contributed by atoms with Gasteiger partial charge >= 0.3 is 6.09 Å². The van der Waals surface area contributed by atoms with E-state index in [-0.39, 0.29) is 17.9 Å². The number of nitrogens with one attached hydrogen (secondary N) is 1.